The Balaban J connectivity index is 0.945. The van der Waals surface area contributed by atoms with Crippen molar-refractivity contribution < 1.29 is 0 Å². The van der Waals surface area contributed by atoms with Gasteiger partial charge in [-0.05, 0) is 106 Å². The average molecular weight is 717 g/mol. The summed E-state index contributed by atoms with van der Waals surface area (Å²) in [6.45, 7) is 0. The molecule has 266 valence electrons. The predicted molar refractivity (Wildman–Crippen MR) is 237 cm³/mol. The lowest BCUT2D eigenvalue weighted by atomic mass is 9.91. The van der Waals surface area contributed by atoms with Gasteiger partial charge in [0.1, 0.15) is 0 Å². The molecule has 1 aliphatic carbocycles. The van der Waals surface area contributed by atoms with Crippen LogP contribution in [0.25, 0.3) is 60.9 Å². The molecule has 9 aromatic rings. The standard InChI is InChI=1S/C54H40N2/c1-4-12-39(13-5-1)42-24-31-48(32-25-42)55(49-33-26-43(27-34-49)40-14-6-2-7-15-40)50-35-28-44(29-36-50)41-20-22-45(23-21-41)46-30-37-54-52(38-46)51-18-10-11-19-53(51)56(54)47-16-8-3-9-17-47/h1-26,28-38,43H,27H2. The topological polar surface area (TPSA) is 8.17 Å². The highest BCUT2D eigenvalue weighted by atomic mass is 15.1. The normalized spacial score (nSPS) is 13.9. The first-order valence-electron chi connectivity index (χ1n) is 19.5. The maximum absolute atomic E-state index is 2.38. The van der Waals surface area contributed by atoms with E-state index in [4.69, 9.17) is 0 Å². The van der Waals surface area contributed by atoms with E-state index in [0.717, 1.165) is 17.8 Å². The van der Waals surface area contributed by atoms with Crippen molar-refractivity contribution in [3.63, 3.8) is 0 Å². The molecule has 0 radical (unpaired) electrons. The van der Waals surface area contributed by atoms with Crippen LogP contribution < -0.4 is 4.90 Å². The maximum atomic E-state index is 2.38. The van der Waals surface area contributed by atoms with Crippen LogP contribution in [0, 0.1) is 0 Å². The monoisotopic (exact) mass is 716 g/mol. The Morgan fingerprint density at radius 2 is 0.893 bits per heavy atom. The third kappa shape index (κ3) is 6.32. The highest BCUT2D eigenvalue weighted by molar-refractivity contribution is 6.10. The molecule has 0 aliphatic heterocycles. The number of para-hydroxylation sites is 2. The van der Waals surface area contributed by atoms with Gasteiger partial charge in [0.15, 0.2) is 0 Å². The Labute approximate surface area is 328 Å². The highest BCUT2D eigenvalue weighted by Crippen LogP contribution is 2.38. The van der Waals surface area contributed by atoms with Gasteiger partial charge < -0.3 is 9.47 Å². The third-order valence-corrected chi connectivity index (χ3v) is 11.2. The second kappa shape index (κ2) is 14.6. The molecule has 10 rings (SSSR count). The first-order valence-corrected chi connectivity index (χ1v) is 19.5. The molecule has 56 heavy (non-hydrogen) atoms. The van der Waals surface area contributed by atoms with E-state index in [-0.39, 0.29) is 0 Å². The molecule has 0 bridgehead atoms. The largest absolute Gasteiger partial charge is 0.311 e. The molecular weight excluding hydrogens is 677 g/mol. The van der Waals surface area contributed by atoms with Crippen molar-refractivity contribution in [1.82, 2.24) is 4.57 Å². The summed E-state index contributed by atoms with van der Waals surface area (Å²) in [6.07, 6.45) is 7.98. The zero-order valence-corrected chi connectivity index (χ0v) is 31.0. The molecule has 2 nitrogen and oxygen atoms in total. The Morgan fingerprint density at radius 1 is 0.411 bits per heavy atom. The minimum Gasteiger partial charge on any atom is -0.311 e. The summed E-state index contributed by atoms with van der Waals surface area (Å²) in [7, 11) is 0. The van der Waals surface area contributed by atoms with Crippen molar-refractivity contribution in [2.24, 2.45) is 0 Å². The molecule has 1 aromatic heterocycles. The van der Waals surface area contributed by atoms with Crippen LogP contribution in [0.1, 0.15) is 17.9 Å². The Morgan fingerprint density at radius 3 is 1.50 bits per heavy atom. The fraction of sp³-hybridized carbons (Fsp3) is 0.0370. The van der Waals surface area contributed by atoms with Crippen LogP contribution in [-0.2, 0) is 0 Å². The lowest BCUT2D eigenvalue weighted by Gasteiger charge is -2.29. The smallest absolute Gasteiger partial charge is 0.0541 e. The van der Waals surface area contributed by atoms with Crippen LogP contribution in [-0.4, -0.2) is 4.57 Å². The van der Waals surface area contributed by atoms with E-state index in [2.05, 4.69) is 234 Å². The molecule has 0 N–H and O–H groups in total. The molecule has 2 heteroatoms. The summed E-state index contributed by atoms with van der Waals surface area (Å²) in [4.78, 5) is 2.38. The van der Waals surface area contributed by atoms with Gasteiger partial charge in [-0.3, -0.25) is 0 Å². The summed E-state index contributed by atoms with van der Waals surface area (Å²) < 4.78 is 2.37. The van der Waals surface area contributed by atoms with Crippen molar-refractivity contribution in [2.45, 2.75) is 12.3 Å². The van der Waals surface area contributed by atoms with E-state index < -0.39 is 0 Å². The Bertz CT molecular complexity index is 2830. The SMILES string of the molecule is C1=CC(c2ccccc2)CC=C1N(c1ccc(-c2ccccc2)cc1)c1ccc(-c2ccc(-c3ccc4c(c3)c3ccccc3n4-c3ccccc3)cc2)cc1. The van der Waals surface area contributed by atoms with E-state index in [1.165, 1.54) is 72.1 Å². The lowest BCUT2D eigenvalue weighted by Crippen LogP contribution is -2.17. The molecule has 0 amide bonds. The number of nitrogens with zero attached hydrogens (tertiary/aromatic N) is 2. The molecule has 1 atom stereocenters. The minimum atomic E-state index is 0.379. The van der Waals surface area contributed by atoms with E-state index in [9.17, 15) is 0 Å². The van der Waals surface area contributed by atoms with Gasteiger partial charge in [-0.15, -0.1) is 0 Å². The Kier molecular flexibility index (Phi) is 8.70. The molecule has 1 aliphatic rings. The zero-order chi connectivity index (χ0) is 37.3. The zero-order valence-electron chi connectivity index (χ0n) is 31.0. The summed E-state index contributed by atoms with van der Waals surface area (Å²) in [6, 6.07) is 74.5. The number of hydrogen-bond donors (Lipinski definition) is 0. The summed E-state index contributed by atoms with van der Waals surface area (Å²) in [5, 5.41) is 2.53. The number of aromatic nitrogens is 1. The van der Waals surface area contributed by atoms with Crippen LogP contribution in [0.2, 0.25) is 0 Å². The number of anilines is 2. The van der Waals surface area contributed by atoms with Crippen molar-refractivity contribution >= 4 is 33.2 Å². The van der Waals surface area contributed by atoms with Gasteiger partial charge in [-0.2, -0.15) is 0 Å². The van der Waals surface area contributed by atoms with Crippen LogP contribution in [0.4, 0.5) is 11.4 Å². The van der Waals surface area contributed by atoms with Gasteiger partial charge in [0, 0.05) is 39.4 Å². The molecule has 8 aromatic carbocycles. The fourth-order valence-corrected chi connectivity index (χ4v) is 8.27. The van der Waals surface area contributed by atoms with Gasteiger partial charge >= 0.3 is 0 Å². The van der Waals surface area contributed by atoms with E-state index >= 15 is 0 Å². The molecule has 0 saturated carbocycles. The lowest BCUT2D eigenvalue weighted by molar-refractivity contribution is 0.840. The summed E-state index contributed by atoms with van der Waals surface area (Å²) in [5.41, 5.74) is 15.7. The second-order valence-corrected chi connectivity index (χ2v) is 14.5. The molecule has 0 saturated heterocycles. The van der Waals surface area contributed by atoms with Gasteiger partial charge in [-0.1, -0.05) is 164 Å². The van der Waals surface area contributed by atoms with Crippen LogP contribution in [0.5, 0.6) is 0 Å². The molecule has 1 unspecified atom stereocenters. The first-order chi connectivity index (χ1) is 27.8. The maximum Gasteiger partial charge on any atom is 0.0541 e. The summed E-state index contributed by atoms with van der Waals surface area (Å²) >= 11 is 0. The van der Waals surface area contributed by atoms with Crippen LogP contribution in [0.3, 0.4) is 0 Å². The van der Waals surface area contributed by atoms with E-state index in [1.54, 1.807) is 0 Å². The second-order valence-electron chi connectivity index (χ2n) is 14.5. The van der Waals surface area contributed by atoms with Crippen molar-refractivity contribution in [3.8, 4) is 39.1 Å². The predicted octanol–water partition coefficient (Wildman–Crippen LogP) is 14.6. The van der Waals surface area contributed by atoms with E-state index in [0.29, 0.717) is 5.92 Å². The Hall–Kier alpha value is -7.16. The number of allylic oxidation sites excluding steroid dienone is 3. The third-order valence-electron chi connectivity index (χ3n) is 11.2. The van der Waals surface area contributed by atoms with Crippen molar-refractivity contribution in [3.05, 3.63) is 236 Å². The quantitative estimate of drug-likeness (QED) is 0.152. The van der Waals surface area contributed by atoms with Crippen molar-refractivity contribution in [2.75, 3.05) is 4.90 Å². The molecular formula is C54H40N2. The average Bonchev–Trinajstić information content (AvgIpc) is 3.62. The van der Waals surface area contributed by atoms with Gasteiger partial charge in [0.2, 0.25) is 0 Å². The number of rotatable bonds is 8. The van der Waals surface area contributed by atoms with E-state index in [1.807, 2.05) is 0 Å². The van der Waals surface area contributed by atoms with Crippen molar-refractivity contribution in [1.29, 1.82) is 0 Å². The van der Waals surface area contributed by atoms with Crippen LogP contribution in [0.15, 0.2) is 230 Å². The highest BCUT2D eigenvalue weighted by Gasteiger charge is 2.19. The van der Waals surface area contributed by atoms with Gasteiger partial charge in [0.25, 0.3) is 0 Å². The minimum absolute atomic E-state index is 0.379. The van der Waals surface area contributed by atoms with Crippen LogP contribution >= 0.6 is 0 Å². The van der Waals surface area contributed by atoms with Gasteiger partial charge in [0.05, 0.1) is 11.0 Å². The van der Waals surface area contributed by atoms with Gasteiger partial charge in [-0.25, -0.2) is 0 Å². The number of fused-ring (bicyclic) bond motifs is 3. The number of hydrogen-bond acceptors (Lipinski definition) is 1. The fourth-order valence-electron chi connectivity index (χ4n) is 8.27. The first kappa shape index (κ1) is 33.4. The molecule has 0 spiro atoms. The molecule has 1 heterocycles. The summed E-state index contributed by atoms with van der Waals surface area (Å²) in [5.74, 6) is 0.379. The number of benzene rings is 8. The molecule has 0 fully saturated rings.